The number of hydrogen-bond donors (Lipinski definition) is 0. The third-order valence-corrected chi connectivity index (χ3v) is 1.45. The minimum Gasteiger partial charge on any atom is -0.379 e. The fraction of sp³-hybridized carbons (Fsp3) is 0.857. The van der Waals surface area contributed by atoms with Gasteiger partial charge in [-0.25, -0.2) is 0 Å². The Morgan fingerprint density at radius 3 is 2.12 bits per heavy atom. The zero-order valence-corrected chi connectivity index (χ0v) is 6.03. The molecule has 0 aliphatic heterocycles. The molecule has 49 valence electrons. The summed E-state index contributed by atoms with van der Waals surface area (Å²) in [5.74, 6) is 0. The van der Waals surface area contributed by atoms with Gasteiger partial charge in [0.05, 0.1) is 13.7 Å². The minimum absolute atomic E-state index is 0.307. The van der Waals surface area contributed by atoms with E-state index < -0.39 is 0 Å². The summed E-state index contributed by atoms with van der Waals surface area (Å²) in [7, 11) is 3.32. The number of hydrogen-bond acceptors (Lipinski definition) is 1. The molecule has 0 spiro atoms. The minimum atomic E-state index is 0.307. The van der Waals surface area contributed by atoms with Crippen molar-refractivity contribution in [1.82, 2.24) is 0 Å². The normalized spacial score (nSPS) is 12.0. The maximum Gasteiger partial charge on any atom is 0.0700 e. The van der Waals surface area contributed by atoms with E-state index in [2.05, 4.69) is 27.9 Å². The van der Waals surface area contributed by atoms with Crippen molar-refractivity contribution in [1.29, 1.82) is 0 Å². The zero-order chi connectivity index (χ0) is 6.62. The average molecular weight is 115 g/mol. The Morgan fingerprint density at radius 2 is 2.00 bits per heavy atom. The molecule has 1 radical (unpaired) electrons. The molecule has 1 nitrogen and oxygen atoms in total. The number of rotatable bonds is 3. The quantitative estimate of drug-likeness (QED) is 0.548. The summed E-state index contributed by atoms with van der Waals surface area (Å²) in [5.41, 5.74) is 0.307. The summed E-state index contributed by atoms with van der Waals surface area (Å²) >= 11 is 0. The lowest BCUT2D eigenvalue weighted by atomic mass is 9.92. The van der Waals surface area contributed by atoms with Crippen LogP contribution in [0.3, 0.4) is 0 Å². The highest BCUT2D eigenvalue weighted by Gasteiger charge is 2.13. The molecular formula is C7H15O. The first-order valence-electron chi connectivity index (χ1n) is 2.99. The summed E-state index contributed by atoms with van der Waals surface area (Å²) in [6.07, 6.45) is 1.14. The van der Waals surface area contributed by atoms with E-state index in [1.54, 1.807) is 0 Å². The molecule has 0 aliphatic rings. The fourth-order valence-corrected chi connectivity index (χ4v) is 0.378. The summed E-state index contributed by atoms with van der Waals surface area (Å²) < 4.78 is 4.75. The van der Waals surface area contributed by atoms with Crippen LogP contribution in [-0.2, 0) is 4.74 Å². The number of ether oxygens (including phenoxy) is 1. The van der Waals surface area contributed by atoms with Gasteiger partial charge in [-0.15, -0.1) is 0 Å². The molecule has 0 rings (SSSR count). The van der Waals surface area contributed by atoms with Crippen molar-refractivity contribution in [3.05, 3.63) is 7.11 Å². The molecule has 0 fully saturated rings. The van der Waals surface area contributed by atoms with Gasteiger partial charge in [-0.3, -0.25) is 0 Å². The van der Waals surface area contributed by atoms with Crippen LogP contribution in [0.1, 0.15) is 27.2 Å². The van der Waals surface area contributed by atoms with E-state index >= 15 is 0 Å². The molecule has 0 N–H and O–H groups in total. The summed E-state index contributed by atoms with van der Waals surface area (Å²) in [4.78, 5) is 0. The van der Waals surface area contributed by atoms with Gasteiger partial charge in [0.15, 0.2) is 0 Å². The van der Waals surface area contributed by atoms with Crippen LogP contribution in [0, 0.1) is 12.5 Å². The lowest BCUT2D eigenvalue weighted by molar-refractivity contribution is 0.129. The summed E-state index contributed by atoms with van der Waals surface area (Å²) in [6.45, 7) is 7.24. The Morgan fingerprint density at radius 1 is 1.50 bits per heavy atom. The predicted molar refractivity (Wildman–Crippen MR) is 35.4 cm³/mol. The third kappa shape index (κ3) is 3.03. The maximum absolute atomic E-state index is 4.75. The fourth-order valence-electron chi connectivity index (χ4n) is 0.378. The Hall–Kier alpha value is -0.0400. The highest BCUT2D eigenvalue weighted by molar-refractivity contribution is 4.63. The molecule has 1 heteroatoms. The molecule has 0 aromatic rings. The molecule has 0 aromatic carbocycles. The van der Waals surface area contributed by atoms with Crippen molar-refractivity contribution in [2.45, 2.75) is 27.2 Å². The van der Waals surface area contributed by atoms with Crippen molar-refractivity contribution in [3.8, 4) is 0 Å². The van der Waals surface area contributed by atoms with Gasteiger partial charge >= 0.3 is 0 Å². The van der Waals surface area contributed by atoms with Gasteiger partial charge < -0.3 is 4.74 Å². The first-order valence-corrected chi connectivity index (χ1v) is 2.99. The first kappa shape index (κ1) is 7.96. The van der Waals surface area contributed by atoms with E-state index in [0.717, 1.165) is 13.0 Å². The highest BCUT2D eigenvalue weighted by Crippen LogP contribution is 2.18. The molecule has 0 saturated carbocycles. The monoisotopic (exact) mass is 115 g/mol. The molecule has 0 atom stereocenters. The van der Waals surface area contributed by atoms with Crippen LogP contribution < -0.4 is 0 Å². The van der Waals surface area contributed by atoms with Crippen LogP contribution >= 0.6 is 0 Å². The lowest BCUT2D eigenvalue weighted by Crippen LogP contribution is -2.15. The molecule has 0 saturated heterocycles. The third-order valence-electron chi connectivity index (χ3n) is 1.45. The standard InChI is InChI=1S/C7H15O/c1-5-7(2,3)6-8-4/h4-6H2,1-3H3. The molecule has 0 unspecified atom stereocenters. The van der Waals surface area contributed by atoms with E-state index in [1.165, 1.54) is 0 Å². The molecular weight excluding hydrogens is 100 g/mol. The SMILES string of the molecule is [CH2]OCC(C)(C)CC. The van der Waals surface area contributed by atoms with Crippen LogP contribution in [0.15, 0.2) is 0 Å². The molecule has 0 bridgehead atoms. The van der Waals surface area contributed by atoms with E-state index in [0.29, 0.717) is 5.41 Å². The first-order chi connectivity index (χ1) is 3.62. The second-order valence-corrected chi connectivity index (χ2v) is 2.87. The Bertz CT molecular complexity index is 57.4. The predicted octanol–water partition coefficient (Wildman–Crippen LogP) is 2.23. The van der Waals surface area contributed by atoms with Gasteiger partial charge in [0.2, 0.25) is 0 Å². The molecule has 0 aliphatic carbocycles. The Labute approximate surface area is 52.0 Å². The average Bonchev–Trinajstić information content (AvgIpc) is 1.67. The topological polar surface area (TPSA) is 9.23 Å². The van der Waals surface area contributed by atoms with Crippen LogP contribution in [0.25, 0.3) is 0 Å². The second-order valence-electron chi connectivity index (χ2n) is 2.87. The van der Waals surface area contributed by atoms with Gasteiger partial charge in [0.1, 0.15) is 0 Å². The molecule has 0 heterocycles. The van der Waals surface area contributed by atoms with E-state index in [9.17, 15) is 0 Å². The van der Waals surface area contributed by atoms with Crippen molar-refractivity contribution in [3.63, 3.8) is 0 Å². The van der Waals surface area contributed by atoms with Crippen molar-refractivity contribution in [2.75, 3.05) is 6.61 Å². The van der Waals surface area contributed by atoms with Crippen LogP contribution in [0.4, 0.5) is 0 Å². The Balaban J connectivity index is 3.37. The maximum atomic E-state index is 4.75. The van der Waals surface area contributed by atoms with Crippen molar-refractivity contribution in [2.24, 2.45) is 5.41 Å². The van der Waals surface area contributed by atoms with Crippen LogP contribution in [-0.4, -0.2) is 6.61 Å². The Kier molecular flexibility index (Phi) is 3.06. The van der Waals surface area contributed by atoms with E-state index in [1.807, 2.05) is 0 Å². The highest BCUT2D eigenvalue weighted by atomic mass is 16.5. The van der Waals surface area contributed by atoms with E-state index in [4.69, 9.17) is 4.74 Å². The molecule has 0 amide bonds. The lowest BCUT2D eigenvalue weighted by Gasteiger charge is -2.20. The summed E-state index contributed by atoms with van der Waals surface area (Å²) in [5, 5.41) is 0. The largest absolute Gasteiger partial charge is 0.379 e. The zero-order valence-electron chi connectivity index (χ0n) is 6.03. The van der Waals surface area contributed by atoms with Gasteiger partial charge in [-0.1, -0.05) is 20.8 Å². The molecule has 0 aromatic heterocycles. The smallest absolute Gasteiger partial charge is 0.0700 e. The van der Waals surface area contributed by atoms with Gasteiger partial charge in [-0.05, 0) is 11.8 Å². The second kappa shape index (κ2) is 3.08. The molecule has 8 heavy (non-hydrogen) atoms. The van der Waals surface area contributed by atoms with Crippen molar-refractivity contribution >= 4 is 0 Å². The van der Waals surface area contributed by atoms with Gasteiger partial charge in [0, 0.05) is 0 Å². The van der Waals surface area contributed by atoms with Gasteiger partial charge in [-0.2, -0.15) is 0 Å². The van der Waals surface area contributed by atoms with Crippen molar-refractivity contribution < 1.29 is 4.74 Å². The van der Waals surface area contributed by atoms with Gasteiger partial charge in [0.25, 0.3) is 0 Å². The van der Waals surface area contributed by atoms with Crippen LogP contribution in [0.5, 0.6) is 0 Å². The van der Waals surface area contributed by atoms with Crippen LogP contribution in [0.2, 0.25) is 0 Å². The van der Waals surface area contributed by atoms with E-state index in [-0.39, 0.29) is 0 Å². The summed E-state index contributed by atoms with van der Waals surface area (Å²) in [6, 6.07) is 0.